The second-order valence-corrected chi connectivity index (χ2v) is 10.0. The number of alkyl halides is 1. The van der Waals surface area contributed by atoms with Crippen LogP contribution in [0.5, 0.6) is 0 Å². The fourth-order valence-electron chi connectivity index (χ4n) is 4.64. The maximum Gasteiger partial charge on any atom is 0.240 e. The highest BCUT2D eigenvalue weighted by molar-refractivity contribution is 7.99. The molecule has 0 aliphatic carbocycles. The van der Waals surface area contributed by atoms with Crippen LogP contribution in [-0.4, -0.2) is 107 Å². The normalized spacial score (nSPS) is 44.0. The van der Waals surface area contributed by atoms with Crippen LogP contribution in [0.4, 0.5) is 0 Å². The van der Waals surface area contributed by atoms with E-state index in [9.17, 15) is 20.1 Å². The minimum absolute atomic E-state index is 0.224. The third kappa shape index (κ3) is 5.07. The minimum Gasteiger partial charge on any atom is -0.388 e. The van der Waals surface area contributed by atoms with E-state index in [0.29, 0.717) is 19.2 Å². The lowest BCUT2D eigenvalue weighted by Gasteiger charge is -2.44. The van der Waals surface area contributed by atoms with E-state index in [1.165, 1.54) is 11.8 Å². The average molecular weight is 468 g/mol. The molecule has 11 heteroatoms. The van der Waals surface area contributed by atoms with Crippen molar-refractivity contribution in [2.45, 2.75) is 79.2 Å². The molecule has 0 spiro atoms. The van der Waals surface area contributed by atoms with Crippen LogP contribution >= 0.6 is 23.4 Å². The largest absolute Gasteiger partial charge is 0.388 e. The number of thioether (sulfide) groups is 1. The molecule has 1 amide bonds. The third-order valence-corrected chi connectivity index (χ3v) is 7.57. The van der Waals surface area contributed by atoms with Gasteiger partial charge in [0.2, 0.25) is 5.91 Å². The molecule has 3 aliphatic heterocycles. The number of aliphatic hydroxyl groups excluding tert-OH is 3. The highest BCUT2D eigenvalue weighted by Crippen LogP contribution is 2.31. The summed E-state index contributed by atoms with van der Waals surface area (Å²) in [4.78, 5) is 13.1. The molecule has 30 heavy (non-hydrogen) atoms. The van der Waals surface area contributed by atoms with Crippen LogP contribution in [0.2, 0.25) is 0 Å². The zero-order chi connectivity index (χ0) is 22.0. The van der Waals surface area contributed by atoms with E-state index in [-0.39, 0.29) is 17.9 Å². The lowest BCUT2D eigenvalue weighted by atomic mass is 9.92. The zero-order valence-electron chi connectivity index (χ0n) is 17.5. The number of ether oxygens (including phenoxy) is 2. The highest BCUT2D eigenvalue weighted by Gasteiger charge is 2.49. The van der Waals surface area contributed by atoms with Crippen LogP contribution in [-0.2, 0) is 14.3 Å². The van der Waals surface area contributed by atoms with Gasteiger partial charge in [0, 0.05) is 25.1 Å². The van der Waals surface area contributed by atoms with E-state index < -0.39 is 47.3 Å². The Kier molecular flexibility index (Phi) is 8.67. The standard InChI is InChI=1S/C19H34ClN3O6S/c1-8(20)11(17-14(25)13(24)15(26)19(29-17)30-3)23-18(27)12-16-9(7-22-12)6-10(21-2)4-5-28-16/h8-17,19,21-22,24-26H,4-7H2,1-3H3,(H,23,27)/t8-,9-,10?,11?,12?,13?,14?,15+,16+,17+,19?/m0/s1. The Hall–Kier alpha value is -0.170. The maximum absolute atomic E-state index is 13.1. The van der Waals surface area contributed by atoms with Gasteiger partial charge in [0.15, 0.2) is 0 Å². The summed E-state index contributed by atoms with van der Waals surface area (Å²) in [6, 6.07) is -0.930. The number of aliphatic hydroxyl groups is 3. The van der Waals surface area contributed by atoms with Crippen LogP contribution in [0.25, 0.3) is 0 Å². The number of hydrogen-bond donors (Lipinski definition) is 6. The van der Waals surface area contributed by atoms with Gasteiger partial charge in [0.25, 0.3) is 0 Å². The maximum atomic E-state index is 13.1. The SMILES string of the molecule is CNC1CCO[C@H]2C(C(=O)NC([C@H]3OC(SC)[C@H](O)C(O)C3O)[C@H](C)Cl)NC[C@@H]2C1. The molecule has 174 valence electrons. The Morgan fingerprint density at radius 2 is 2.00 bits per heavy atom. The fourth-order valence-corrected chi connectivity index (χ4v) is 5.53. The van der Waals surface area contributed by atoms with Crippen LogP contribution < -0.4 is 16.0 Å². The van der Waals surface area contributed by atoms with Crippen molar-refractivity contribution in [3.63, 3.8) is 0 Å². The van der Waals surface area contributed by atoms with Crippen molar-refractivity contribution in [2.75, 3.05) is 26.5 Å². The number of halogens is 1. The van der Waals surface area contributed by atoms with Crippen molar-refractivity contribution >= 4 is 29.3 Å². The number of nitrogens with one attached hydrogen (secondary N) is 3. The van der Waals surface area contributed by atoms with Crippen molar-refractivity contribution in [1.29, 1.82) is 0 Å². The van der Waals surface area contributed by atoms with E-state index in [2.05, 4.69) is 16.0 Å². The fraction of sp³-hybridized carbons (Fsp3) is 0.947. The Morgan fingerprint density at radius 3 is 2.63 bits per heavy atom. The number of fused-ring (bicyclic) bond motifs is 1. The van der Waals surface area contributed by atoms with Gasteiger partial charge >= 0.3 is 0 Å². The van der Waals surface area contributed by atoms with Gasteiger partial charge in [-0.05, 0) is 33.1 Å². The molecule has 3 aliphatic rings. The Labute approximate surface area is 186 Å². The van der Waals surface area contributed by atoms with Crippen LogP contribution in [0.3, 0.4) is 0 Å². The Morgan fingerprint density at radius 1 is 1.27 bits per heavy atom. The minimum atomic E-state index is -1.39. The first-order chi connectivity index (χ1) is 14.3. The average Bonchev–Trinajstić information content (AvgIpc) is 3.00. The molecule has 0 aromatic rings. The number of rotatable bonds is 6. The van der Waals surface area contributed by atoms with Crippen molar-refractivity contribution in [2.24, 2.45) is 5.92 Å². The molecule has 3 rings (SSSR count). The molecule has 3 fully saturated rings. The molecule has 6 unspecified atom stereocenters. The first-order valence-electron chi connectivity index (χ1n) is 10.5. The van der Waals surface area contributed by atoms with Gasteiger partial charge in [-0.25, -0.2) is 0 Å². The molecular formula is C19H34ClN3O6S. The predicted octanol–water partition coefficient (Wildman–Crippen LogP) is -1.38. The summed E-state index contributed by atoms with van der Waals surface area (Å²) >= 11 is 7.57. The quantitative estimate of drug-likeness (QED) is 0.262. The molecule has 3 heterocycles. The highest BCUT2D eigenvalue weighted by atomic mass is 35.5. The van der Waals surface area contributed by atoms with E-state index >= 15 is 0 Å². The van der Waals surface area contributed by atoms with Gasteiger partial charge in [-0.3, -0.25) is 4.79 Å². The first kappa shape index (κ1) is 24.5. The van der Waals surface area contributed by atoms with Crippen molar-refractivity contribution < 1.29 is 29.6 Å². The van der Waals surface area contributed by atoms with Gasteiger partial charge in [-0.1, -0.05) is 0 Å². The Balaban J connectivity index is 1.70. The first-order valence-corrected chi connectivity index (χ1v) is 12.2. The molecule has 0 bridgehead atoms. The monoisotopic (exact) mass is 467 g/mol. The number of hydrogen-bond acceptors (Lipinski definition) is 9. The third-order valence-electron chi connectivity index (χ3n) is 6.44. The smallest absolute Gasteiger partial charge is 0.240 e. The Bertz CT molecular complexity index is 588. The summed E-state index contributed by atoms with van der Waals surface area (Å²) in [5, 5.41) is 39.7. The van der Waals surface area contributed by atoms with Gasteiger partial charge in [0.05, 0.1) is 17.5 Å². The van der Waals surface area contributed by atoms with Crippen molar-refractivity contribution in [1.82, 2.24) is 16.0 Å². The van der Waals surface area contributed by atoms with Crippen molar-refractivity contribution in [3.8, 4) is 0 Å². The number of amides is 1. The van der Waals surface area contributed by atoms with E-state index in [1.807, 2.05) is 7.05 Å². The molecule has 9 nitrogen and oxygen atoms in total. The molecular weight excluding hydrogens is 434 g/mol. The number of carbonyl (C=O) groups excluding carboxylic acids is 1. The van der Waals surface area contributed by atoms with E-state index in [0.717, 1.165) is 12.8 Å². The summed E-state index contributed by atoms with van der Waals surface area (Å²) in [6.45, 7) is 2.96. The molecule has 0 aromatic carbocycles. The molecule has 0 aromatic heterocycles. The van der Waals surface area contributed by atoms with Crippen LogP contribution in [0, 0.1) is 5.92 Å². The lowest BCUT2D eigenvalue weighted by molar-refractivity contribution is -0.205. The van der Waals surface area contributed by atoms with Gasteiger partial charge in [-0.2, -0.15) is 0 Å². The summed E-state index contributed by atoms with van der Waals surface area (Å²) in [6.07, 6.45) is -1.65. The van der Waals surface area contributed by atoms with Crippen molar-refractivity contribution in [3.05, 3.63) is 0 Å². The number of carbonyl (C=O) groups is 1. The second-order valence-electron chi connectivity index (χ2n) is 8.38. The van der Waals surface area contributed by atoms with Crippen LogP contribution in [0.15, 0.2) is 0 Å². The molecule has 11 atom stereocenters. The summed E-state index contributed by atoms with van der Waals surface area (Å²) in [7, 11) is 1.94. The molecule has 0 radical (unpaired) electrons. The zero-order valence-corrected chi connectivity index (χ0v) is 19.1. The molecule has 6 N–H and O–H groups in total. The lowest BCUT2D eigenvalue weighted by Crippen LogP contribution is -2.65. The van der Waals surface area contributed by atoms with Gasteiger partial charge in [0.1, 0.15) is 35.9 Å². The predicted molar refractivity (Wildman–Crippen MR) is 115 cm³/mol. The molecule has 3 saturated heterocycles. The topological polar surface area (TPSA) is 132 Å². The summed E-state index contributed by atoms with van der Waals surface area (Å²) in [5.74, 6) is -0.0537. The molecule has 0 saturated carbocycles. The van der Waals surface area contributed by atoms with Gasteiger partial charge in [-0.15, -0.1) is 23.4 Å². The summed E-state index contributed by atoms with van der Waals surface area (Å²) in [5.41, 5.74) is -0.735. The van der Waals surface area contributed by atoms with Crippen LogP contribution in [0.1, 0.15) is 19.8 Å². The second kappa shape index (κ2) is 10.6. The van der Waals surface area contributed by atoms with Gasteiger partial charge < -0.3 is 40.7 Å². The van der Waals surface area contributed by atoms with E-state index in [4.69, 9.17) is 21.1 Å². The summed E-state index contributed by atoms with van der Waals surface area (Å²) < 4.78 is 11.8. The van der Waals surface area contributed by atoms with E-state index in [1.54, 1.807) is 13.2 Å².